The van der Waals surface area contributed by atoms with Crippen LogP contribution in [-0.4, -0.2) is 0 Å². The van der Waals surface area contributed by atoms with Gasteiger partial charge in [-0.15, -0.1) is 11.8 Å². The number of fused-ring (bicyclic) bond motifs is 4. The first-order chi connectivity index (χ1) is 14.9. The molecule has 0 nitrogen and oxygen atoms in total. The van der Waals surface area contributed by atoms with Gasteiger partial charge in [-0.3, -0.25) is 0 Å². The smallest absolute Gasteiger partial charge is 0.0129 e. The summed E-state index contributed by atoms with van der Waals surface area (Å²) in [7, 11) is 0. The Balaban J connectivity index is 1.70. The second-order valence-electron chi connectivity index (χ2n) is 8.92. The van der Waals surface area contributed by atoms with E-state index in [9.17, 15) is 0 Å². The molecule has 0 heterocycles. The Hall–Kier alpha value is -3.56. The summed E-state index contributed by atoms with van der Waals surface area (Å²) in [5, 5.41) is 17.1. The summed E-state index contributed by atoms with van der Waals surface area (Å²) in [5.41, 5.74) is 2.99. The Morgan fingerprint density at radius 3 is 1.30 bits per heavy atom. The van der Waals surface area contributed by atoms with E-state index in [1.54, 1.807) is 0 Å². The standard InChI is InChI=1S/C30H18/c1-2-4-6-21-16-25-23-14-12-19-10-8-17-7-9-18-11-13-22(24(25)15-20(21)5-3-1)29-27(18)26(17)28(19)30(23)29/h7-16H,3-6H2. The van der Waals surface area contributed by atoms with Gasteiger partial charge >= 0.3 is 0 Å². The largest absolute Gasteiger partial charge is 0.103 e. The SMILES string of the molecule is C1#CCCc2cc3c(cc2CC1)c1ccc2ccc4ccc5ccc3c3c5c4c2c13. The van der Waals surface area contributed by atoms with Crippen molar-refractivity contribution in [2.24, 2.45) is 0 Å². The fourth-order valence-electron chi connectivity index (χ4n) is 6.19. The van der Waals surface area contributed by atoms with E-state index in [1.807, 2.05) is 0 Å². The van der Waals surface area contributed by atoms with Gasteiger partial charge in [0.25, 0.3) is 0 Å². The predicted octanol–water partition coefficient (Wildman–Crippen LogP) is 7.80. The van der Waals surface area contributed by atoms with Crippen molar-refractivity contribution in [1.29, 1.82) is 0 Å². The van der Waals surface area contributed by atoms with Crippen LogP contribution in [0.4, 0.5) is 0 Å². The van der Waals surface area contributed by atoms with E-state index < -0.39 is 0 Å². The Kier molecular flexibility index (Phi) is 2.62. The highest BCUT2D eigenvalue weighted by atomic mass is 14.2. The molecule has 7 aromatic rings. The minimum Gasteiger partial charge on any atom is -0.103 e. The lowest BCUT2D eigenvalue weighted by Crippen LogP contribution is -1.98. The van der Waals surface area contributed by atoms with E-state index in [1.165, 1.54) is 75.8 Å². The summed E-state index contributed by atoms with van der Waals surface area (Å²) in [6.07, 6.45) is 4.07. The van der Waals surface area contributed by atoms with Crippen molar-refractivity contribution in [3.05, 3.63) is 71.8 Å². The van der Waals surface area contributed by atoms with Crippen molar-refractivity contribution in [2.45, 2.75) is 25.7 Å². The van der Waals surface area contributed by atoms with Crippen LogP contribution in [0.25, 0.3) is 64.6 Å². The first-order valence-corrected chi connectivity index (χ1v) is 11.0. The van der Waals surface area contributed by atoms with Gasteiger partial charge in [0.1, 0.15) is 0 Å². The molecule has 1 aliphatic carbocycles. The third kappa shape index (κ3) is 1.68. The van der Waals surface area contributed by atoms with Crippen molar-refractivity contribution in [3.63, 3.8) is 0 Å². The topological polar surface area (TPSA) is 0 Å². The molecule has 0 aromatic heterocycles. The van der Waals surface area contributed by atoms with Gasteiger partial charge in [-0.2, -0.15) is 0 Å². The van der Waals surface area contributed by atoms with E-state index in [-0.39, 0.29) is 0 Å². The quantitative estimate of drug-likeness (QED) is 0.186. The molecule has 0 heteroatoms. The molecule has 0 atom stereocenters. The van der Waals surface area contributed by atoms with E-state index in [0.29, 0.717) is 0 Å². The molecule has 8 rings (SSSR count). The molecule has 0 saturated heterocycles. The average molecular weight is 378 g/mol. The number of aryl methyl sites for hydroxylation is 2. The molecule has 0 unspecified atom stereocenters. The molecule has 0 fully saturated rings. The number of hydrogen-bond acceptors (Lipinski definition) is 0. The Morgan fingerprint density at radius 2 is 0.833 bits per heavy atom. The first kappa shape index (κ1) is 15.3. The van der Waals surface area contributed by atoms with E-state index in [4.69, 9.17) is 0 Å². The molecular weight excluding hydrogens is 360 g/mol. The van der Waals surface area contributed by atoms with Crippen LogP contribution in [0.15, 0.2) is 60.7 Å². The minimum absolute atomic E-state index is 0.972. The minimum atomic E-state index is 0.972. The van der Waals surface area contributed by atoms with Crippen LogP contribution < -0.4 is 0 Å². The molecule has 138 valence electrons. The maximum Gasteiger partial charge on any atom is 0.0129 e. The molecule has 7 aromatic carbocycles. The Morgan fingerprint density at radius 1 is 0.433 bits per heavy atom. The second kappa shape index (κ2) is 5.13. The molecule has 30 heavy (non-hydrogen) atoms. The van der Waals surface area contributed by atoms with Crippen LogP contribution in [0.5, 0.6) is 0 Å². The maximum absolute atomic E-state index is 3.34. The van der Waals surface area contributed by atoms with Crippen LogP contribution in [0.3, 0.4) is 0 Å². The van der Waals surface area contributed by atoms with Gasteiger partial charge in [0.05, 0.1) is 0 Å². The maximum atomic E-state index is 3.34. The first-order valence-electron chi connectivity index (χ1n) is 11.0. The number of rotatable bonds is 0. The second-order valence-corrected chi connectivity index (χ2v) is 8.92. The molecule has 0 amide bonds. The summed E-state index contributed by atoms with van der Waals surface area (Å²) >= 11 is 0. The molecular formula is C30H18. The highest BCUT2D eigenvalue weighted by Crippen LogP contribution is 2.50. The third-order valence-corrected chi connectivity index (χ3v) is 7.48. The molecule has 0 N–H and O–H groups in total. The summed E-state index contributed by atoms with van der Waals surface area (Å²) < 4.78 is 0. The van der Waals surface area contributed by atoms with Crippen LogP contribution in [0, 0.1) is 11.8 Å². The van der Waals surface area contributed by atoms with E-state index in [2.05, 4.69) is 72.5 Å². The van der Waals surface area contributed by atoms with Gasteiger partial charge in [-0.05, 0) is 88.6 Å². The van der Waals surface area contributed by atoms with Gasteiger partial charge in [-0.1, -0.05) is 60.7 Å². The Bertz CT molecular complexity index is 1710. The average Bonchev–Trinajstić information content (AvgIpc) is 3.13. The molecule has 1 aliphatic rings. The molecule has 0 spiro atoms. The molecule has 0 aliphatic heterocycles. The lowest BCUT2D eigenvalue weighted by atomic mass is 9.88. The van der Waals surface area contributed by atoms with Crippen molar-refractivity contribution in [3.8, 4) is 11.8 Å². The van der Waals surface area contributed by atoms with E-state index >= 15 is 0 Å². The summed E-state index contributed by atoms with van der Waals surface area (Å²) in [6.45, 7) is 0. The van der Waals surface area contributed by atoms with Gasteiger partial charge in [0.2, 0.25) is 0 Å². The zero-order chi connectivity index (χ0) is 19.4. The Labute approximate surface area is 174 Å². The van der Waals surface area contributed by atoms with Gasteiger partial charge in [-0.25, -0.2) is 0 Å². The zero-order valence-electron chi connectivity index (χ0n) is 16.6. The molecule has 0 bridgehead atoms. The molecule has 0 radical (unpaired) electrons. The number of benzene rings is 6. The monoisotopic (exact) mass is 378 g/mol. The highest BCUT2D eigenvalue weighted by molar-refractivity contribution is 6.48. The highest BCUT2D eigenvalue weighted by Gasteiger charge is 2.22. The van der Waals surface area contributed by atoms with Crippen LogP contribution >= 0.6 is 0 Å². The van der Waals surface area contributed by atoms with Gasteiger partial charge in [0, 0.05) is 12.8 Å². The summed E-state index contributed by atoms with van der Waals surface area (Å²) in [4.78, 5) is 0. The predicted molar refractivity (Wildman–Crippen MR) is 129 cm³/mol. The van der Waals surface area contributed by atoms with Crippen molar-refractivity contribution < 1.29 is 0 Å². The fourth-order valence-corrected chi connectivity index (χ4v) is 6.19. The summed E-state index contributed by atoms with van der Waals surface area (Å²) in [6, 6.07) is 23.5. The van der Waals surface area contributed by atoms with Crippen molar-refractivity contribution >= 4 is 64.6 Å². The third-order valence-electron chi connectivity index (χ3n) is 7.48. The molecule has 0 saturated carbocycles. The lowest BCUT2D eigenvalue weighted by Gasteiger charge is -2.16. The van der Waals surface area contributed by atoms with Crippen LogP contribution in [-0.2, 0) is 12.8 Å². The lowest BCUT2D eigenvalue weighted by molar-refractivity contribution is 0.931. The normalized spacial score (nSPS) is 14.8. The summed E-state index contributed by atoms with van der Waals surface area (Å²) in [5.74, 6) is 6.67. The van der Waals surface area contributed by atoms with Gasteiger partial charge < -0.3 is 0 Å². The van der Waals surface area contributed by atoms with Crippen LogP contribution in [0.2, 0.25) is 0 Å². The van der Waals surface area contributed by atoms with Crippen molar-refractivity contribution in [2.75, 3.05) is 0 Å². The fraction of sp³-hybridized carbons (Fsp3) is 0.133. The van der Waals surface area contributed by atoms with Gasteiger partial charge in [0.15, 0.2) is 0 Å². The van der Waals surface area contributed by atoms with Crippen LogP contribution in [0.1, 0.15) is 24.0 Å². The number of hydrogen-bond donors (Lipinski definition) is 0. The van der Waals surface area contributed by atoms with E-state index in [0.717, 1.165) is 25.7 Å². The van der Waals surface area contributed by atoms with Crippen molar-refractivity contribution in [1.82, 2.24) is 0 Å². The zero-order valence-corrected chi connectivity index (χ0v) is 16.6.